The number of para-hydroxylation sites is 2. The van der Waals surface area contributed by atoms with E-state index in [1.165, 1.54) is 128 Å². The number of nitrogens with zero attached hydrogens (tertiary/aromatic N) is 2. The number of anilines is 6. The van der Waals surface area contributed by atoms with Crippen LogP contribution in [0.15, 0.2) is 197 Å². The van der Waals surface area contributed by atoms with Crippen LogP contribution in [0.4, 0.5) is 34.1 Å². The van der Waals surface area contributed by atoms with Crippen molar-refractivity contribution >= 4 is 144 Å². The molecule has 6 heterocycles. The fourth-order valence-corrected chi connectivity index (χ4v) is 15.1. The van der Waals surface area contributed by atoms with Gasteiger partial charge in [0.05, 0.1) is 33.5 Å². The fraction of sp³-hybridized carbons (Fsp3) is 0.0938. The van der Waals surface area contributed by atoms with E-state index >= 15 is 0 Å². The van der Waals surface area contributed by atoms with Crippen LogP contribution in [0.5, 0.6) is 0 Å². The number of rotatable bonds is 6. The molecular formula is C64H41BN2O2S2. The van der Waals surface area contributed by atoms with Crippen LogP contribution in [0.2, 0.25) is 0 Å². The molecule has 4 aromatic heterocycles. The molecule has 0 amide bonds. The van der Waals surface area contributed by atoms with Gasteiger partial charge in [0.1, 0.15) is 22.3 Å². The lowest BCUT2D eigenvalue weighted by Gasteiger charge is -2.45. The smallest absolute Gasteiger partial charge is 0.252 e. The molecule has 0 unspecified atom stereocenters. The van der Waals surface area contributed by atoms with Crippen LogP contribution in [-0.4, -0.2) is 6.71 Å². The lowest BCUT2D eigenvalue weighted by atomic mass is 9.33. The SMILES string of the molecule is c1ccc(-c2c(N3c4cccc5c4B(c4ccc6oc7ccccc7c6c43)c3ccc4oc6ccccc6c4c3N5c3ccc4sc(C5CC5)cc4c3-c3ccccc3)ccc3sc(C4CC4)cc23)cc1. The summed E-state index contributed by atoms with van der Waals surface area (Å²) in [5.74, 6) is 1.32. The Balaban J connectivity index is 1.03. The molecule has 13 aromatic rings. The quantitative estimate of drug-likeness (QED) is 0.156. The van der Waals surface area contributed by atoms with Crippen molar-refractivity contribution in [3.63, 3.8) is 0 Å². The van der Waals surface area contributed by atoms with Crippen molar-refractivity contribution in [3.8, 4) is 22.3 Å². The molecule has 2 fully saturated rings. The molecule has 2 saturated carbocycles. The third-order valence-electron chi connectivity index (χ3n) is 16.0. The molecule has 0 saturated heterocycles. The van der Waals surface area contributed by atoms with Gasteiger partial charge in [-0.25, -0.2) is 0 Å². The molecule has 0 N–H and O–H groups in total. The molecule has 0 bridgehead atoms. The monoisotopic (exact) mass is 944 g/mol. The van der Waals surface area contributed by atoms with Crippen LogP contribution < -0.4 is 26.2 Å². The summed E-state index contributed by atoms with van der Waals surface area (Å²) in [6.45, 7) is -0.118. The molecule has 17 rings (SSSR count). The van der Waals surface area contributed by atoms with E-state index < -0.39 is 0 Å². The minimum absolute atomic E-state index is 0.118. The van der Waals surface area contributed by atoms with Crippen LogP contribution in [0.3, 0.4) is 0 Å². The first-order valence-electron chi connectivity index (χ1n) is 25.1. The highest BCUT2D eigenvalue weighted by molar-refractivity contribution is 7.19. The molecule has 7 heteroatoms. The van der Waals surface area contributed by atoms with Crippen molar-refractivity contribution in [2.45, 2.75) is 37.5 Å². The maximum Gasteiger partial charge on any atom is 0.252 e. The van der Waals surface area contributed by atoms with Gasteiger partial charge in [-0.3, -0.25) is 0 Å². The van der Waals surface area contributed by atoms with Crippen molar-refractivity contribution in [3.05, 3.63) is 198 Å². The molecule has 0 spiro atoms. The van der Waals surface area contributed by atoms with Crippen molar-refractivity contribution in [2.75, 3.05) is 9.80 Å². The van der Waals surface area contributed by atoms with Crippen molar-refractivity contribution < 1.29 is 8.83 Å². The first-order valence-corrected chi connectivity index (χ1v) is 26.7. The first kappa shape index (κ1) is 38.9. The second-order valence-corrected chi connectivity index (χ2v) is 22.3. The van der Waals surface area contributed by atoms with E-state index in [1.807, 2.05) is 22.7 Å². The second kappa shape index (κ2) is 14.4. The number of thiophene rings is 2. The Morgan fingerprint density at radius 2 is 0.845 bits per heavy atom. The van der Waals surface area contributed by atoms with E-state index in [-0.39, 0.29) is 6.71 Å². The van der Waals surface area contributed by atoms with Crippen LogP contribution in [0.25, 0.3) is 86.3 Å². The summed E-state index contributed by atoms with van der Waals surface area (Å²) < 4.78 is 16.3. The molecule has 0 radical (unpaired) electrons. The lowest BCUT2D eigenvalue weighted by Crippen LogP contribution is -2.61. The Labute approximate surface area is 417 Å². The van der Waals surface area contributed by atoms with Crippen LogP contribution in [-0.2, 0) is 0 Å². The molecular weight excluding hydrogens is 904 g/mol. The zero-order valence-corrected chi connectivity index (χ0v) is 40.1. The summed E-state index contributed by atoms with van der Waals surface area (Å²) >= 11 is 3.95. The summed E-state index contributed by atoms with van der Waals surface area (Å²) in [6, 6.07) is 70.3. The van der Waals surface area contributed by atoms with Crippen molar-refractivity contribution in [1.82, 2.24) is 0 Å². The van der Waals surface area contributed by atoms with Crippen molar-refractivity contribution in [2.24, 2.45) is 0 Å². The van der Waals surface area contributed by atoms with Gasteiger partial charge in [0, 0.05) is 63.2 Å². The van der Waals surface area contributed by atoms with Gasteiger partial charge in [-0.05, 0) is 138 Å². The highest BCUT2D eigenvalue weighted by Gasteiger charge is 2.46. The van der Waals surface area contributed by atoms with Gasteiger partial charge in [0.2, 0.25) is 0 Å². The van der Waals surface area contributed by atoms with Crippen molar-refractivity contribution in [1.29, 1.82) is 0 Å². The van der Waals surface area contributed by atoms with Gasteiger partial charge in [-0.15, -0.1) is 22.7 Å². The highest BCUT2D eigenvalue weighted by atomic mass is 32.1. The van der Waals surface area contributed by atoms with Gasteiger partial charge >= 0.3 is 0 Å². The normalized spacial score (nSPS) is 15.2. The molecule has 9 aromatic carbocycles. The minimum Gasteiger partial charge on any atom is -0.456 e. The van der Waals surface area contributed by atoms with E-state index in [2.05, 4.69) is 198 Å². The first-order chi connectivity index (χ1) is 35.2. The van der Waals surface area contributed by atoms with Crippen LogP contribution in [0.1, 0.15) is 47.3 Å². The van der Waals surface area contributed by atoms with E-state index in [0.717, 1.165) is 43.9 Å². The number of benzene rings is 9. The average molecular weight is 945 g/mol. The Hall–Kier alpha value is -7.84. The maximum absolute atomic E-state index is 6.82. The zero-order valence-electron chi connectivity index (χ0n) is 38.5. The maximum atomic E-state index is 6.82. The summed E-state index contributed by atoms with van der Waals surface area (Å²) in [6.07, 6.45) is 5.09. The van der Waals surface area contributed by atoms with Gasteiger partial charge < -0.3 is 18.6 Å². The van der Waals surface area contributed by atoms with Gasteiger partial charge in [-0.2, -0.15) is 0 Å². The van der Waals surface area contributed by atoms with E-state index in [1.54, 1.807) is 0 Å². The summed E-state index contributed by atoms with van der Waals surface area (Å²) in [5.41, 5.74) is 19.3. The number of hydrogen-bond donors (Lipinski definition) is 0. The number of fused-ring (bicyclic) bond motifs is 14. The Morgan fingerprint density at radius 1 is 0.394 bits per heavy atom. The van der Waals surface area contributed by atoms with Gasteiger partial charge in [-0.1, -0.05) is 115 Å². The Kier molecular flexibility index (Phi) is 7.89. The molecule has 334 valence electrons. The zero-order chi connectivity index (χ0) is 46.1. The second-order valence-electron chi connectivity index (χ2n) is 20.1. The average Bonchev–Trinajstić information content (AvgIpc) is 4.29. The molecule has 0 atom stereocenters. The summed E-state index contributed by atoms with van der Waals surface area (Å²) in [4.78, 5) is 8.25. The summed E-state index contributed by atoms with van der Waals surface area (Å²) in [5, 5.41) is 7.15. The largest absolute Gasteiger partial charge is 0.456 e. The molecule has 2 aliphatic heterocycles. The molecule has 71 heavy (non-hydrogen) atoms. The number of furan rings is 2. The van der Waals surface area contributed by atoms with Crippen LogP contribution >= 0.6 is 22.7 Å². The Morgan fingerprint density at radius 3 is 1.31 bits per heavy atom. The van der Waals surface area contributed by atoms with E-state index in [4.69, 9.17) is 8.83 Å². The lowest BCUT2D eigenvalue weighted by molar-refractivity contribution is 0.668. The third-order valence-corrected chi connectivity index (χ3v) is 18.5. The highest BCUT2D eigenvalue weighted by Crippen LogP contribution is 2.56. The standard InChI is InChI=1S/C64H41BN2O2S2/c1-3-12-38(13-4-1)58-42-34-56(36-22-23-36)70-54(42)32-28-46(58)66-48-18-11-19-49-62(48)65(44-26-30-52-60(63(44)66)40-16-7-9-20-50(40)68-52)45-27-31-53-61(41-17-8-10-21-51(41)69-53)64(45)67(49)47-29-33-55-43(35-57(71-55)37-24-25-37)59(47)39-14-5-2-6-15-39/h1-21,26-37H,22-25H2. The topological polar surface area (TPSA) is 32.8 Å². The molecule has 4 aliphatic rings. The van der Waals surface area contributed by atoms with Gasteiger partial charge in [0.25, 0.3) is 6.71 Å². The molecule has 4 nitrogen and oxygen atoms in total. The minimum atomic E-state index is -0.118. The number of hydrogen-bond acceptors (Lipinski definition) is 6. The third kappa shape index (κ3) is 5.51. The Bertz CT molecular complexity index is 4130. The van der Waals surface area contributed by atoms with E-state index in [0.29, 0.717) is 11.8 Å². The van der Waals surface area contributed by atoms with Crippen LogP contribution in [0, 0.1) is 0 Å². The van der Waals surface area contributed by atoms with E-state index in [9.17, 15) is 0 Å². The fourth-order valence-electron chi connectivity index (χ4n) is 12.6. The van der Waals surface area contributed by atoms with Gasteiger partial charge in [0.15, 0.2) is 0 Å². The predicted molar refractivity (Wildman–Crippen MR) is 301 cm³/mol. The molecule has 2 aliphatic carbocycles. The predicted octanol–water partition coefficient (Wildman–Crippen LogP) is 17.1. The summed E-state index contributed by atoms with van der Waals surface area (Å²) in [7, 11) is 0.